The highest BCUT2D eigenvalue weighted by atomic mass is 16.7. The molecule has 1 amide bonds. The second-order valence-electron chi connectivity index (χ2n) is 19.4. The van der Waals surface area contributed by atoms with E-state index in [1.807, 2.05) is 12.2 Å². The maximum atomic E-state index is 12.9. The van der Waals surface area contributed by atoms with E-state index in [0.717, 1.165) is 44.9 Å². The fraction of sp³-hybridized carbons (Fsp3) is 0.750. The number of aliphatic hydroxyl groups is 5. The SMILES string of the molecule is CC/C=C\C/C=C\C/C=C\C/C=C\C/C=C\CC(=O)NC(COC1OC(CO)C(O)C(O)C1O)C(O)/C=C/CC/C=C/CCCCCCCCCCCCCCCCCCCCCCCCCCC. The molecule has 1 fully saturated rings. The first-order valence-corrected chi connectivity index (χ1v) is 28.3. The molecule has 1 aliphatic rings. The molecular formula is C60H105NO8. The number of unbranched alkanes of at least 4 members (excludes halogenated alkanes) is 26. The summed E-state index contributed by atoms with van der Waals surface area (Å²) in [4.78, 5) is 12.9. The number of ether oxygens (including phenoxy) is 2. The number of rotatable bonds is 47. The number of nitrogens with one attached hydrogen (secondary N) is 1. The zero-order valence-electron chi connectivity index (χ0n) is 44.0. The summed E-state index contributed by atoms with van der Waals surface area (Å²) in [6, 6.07) is -0.882. The monoisotopic (exact) mass is 968 g/mol. The molecule has 0 aromatic carbocycles. The zero-order valence-corrected chi connectivity index (χ0v) is 44.0. The smallest absolute Gasteiger partial charge is 0.224 e. The van der Waals surface area contributed by atoms with Crippen molar-refractivity contribution in [3.05, 3.63) is 85.1 Å². The average Bonchev–Trinajstić information content (AvgIpc) is 3.35. The summed E-state index contributed by atoms with van der Waals surface area (Å²) in [5.41, 5.74) is 0. The van der Waals surface area contributed by atoms with Gasteiger partial charge in [0.2, 0.25) is 5.91 Å². The van der Waals surface area contributed by atoms with Crippen molar-refractivity contribution in [3.8, 4) is 0 Å². The van der Waals surface area contributed by atoms with Crippen LogP contribution in [0.4, 0.5) is 0 Å². The predicted octanol–water partition coefficient (Wildman–Crippen LogP) is 13.8. The van der Waals surface area contributed by atoms with Crippen molar-refractivity contribution in [2.75, 3.05) is 13.2 Å². The van der Waals surface area contributed by atoms with Crippen LogP contribution in [-0.4, -0.2) is 87.5 Å². The maximum Gasteiger partial charge on any atom is 0.224 e. The molecule has 0 radical (unpaired) electrons. The number of hydrogen-bond acceptors (Lipinski definition) is 8. The van der Waals surface area contributed by atoms with E-state index in [1.165, 1.54) is 161 Å². The predicted molar refractivity (Wildman–Crippen MR) is 290 cm³/mol. The molecule has 7 atom stereocenters. The van der Waals surface area contributed by atoms with Crippen LogP contribution in [0.2, 0.25) is 0 Å². The first kappa shape index (κ1) is 64.4. The Kier molecular flexibility index (Phi) is 45.7. The Morgan fingerprint density at radius 1 is 0.507 bits per heavy atom. The lowest BCUT2D eigenvalue weighted by Gasteiger charge is -2.40. The first-order chi connectivity index (χ1) is 33.8. The molecule has 0 bridgehead atoms. The quantitative estimate of drug-likeness (QED) is 0.0261. The minimum Gasteiger partial charge on any atom is -0.394 e. The van der Waals surface area contributed by atoms with Crippen molar-refractivity contribution in [1.29, 1.82) is 0 Å². The molecule has 0 aliphatic carbocycles. The second kappa shape index (κ2) is 49.0. The van der Waals surface area contributed by atoms with Gasteiger partial charge in [-0.3, -0.25) is 4.79 Å². The maximum absolute atomic E-state index is 12.9. The van der Waals surface area contributed by atoms with E-state index < -0.39 is 49.5 Å². The highest BCUT2D eigenvalue weighted by Crippen LogP contribution is 2.23. The minimum atomic E-state index is -1.59. The van der Waals surface area contributed by atoms with Crippen LogP contribution in [0, 0.1) is 0 Å². The van der Waals surface area contributed by atoms with Crippen molar-refractivity contribution in [2.45, 2.75) is 275 Å². The van der Waals surface area contributed by atoms with E-state index in [9.17, 15) is 30.3 Å². The van der Waals surface area contributed by atoms with E-state index in [2.05, 4.69) is 79.9 Å². The Hall–Kier alpha value is -2.63. The van der Waals surface area contributed by atoms with Gasteiger partial charge in [0.15, 0.2) is 6.29 Å². The Bertz CT molecular complexity index is 1350. The number of amides is 1. The highest BCUT2D eigenvalue weighted by molar-refractivity contribution is 5.77. The largest absolute Gasteiger partial charge is 0.394 e. The lowest BCUT2D eigenvalue weighted by atomic mass is 9.99. The summed E-state index contributed by atoms with van der Waals surface area (Å²) in [6.07, 6.45) is 62.7. The summed E-state index contributed by atoms with van der Waals surface area (Å²) in [5.74, 6) is -0.315. The molecule has 9 nitrogen and oxygen atoms in total. The minimum absolute atomic E-state index is 0.102. The molecule has 0 saturated carbocycles. The van der Waals surface area contributed by atoms with Crippen LogP contribution in [0.3, 0.4) is 0 Å². The summed E-state index contributed by atoms with van der Waals surface area (Å²) in [5, 5.41) is 54.3. The highest BCUT2D eigenvalue weighted by Gasteiger charge is 2.44. The molecule has 1 saturated heterocycles. The van der Waals surface area contributed by atoms with Crippen LogP contribution >= 0.6 is 0 Å². The van der Waals surface area contributed by atoms with Gasteiger partial charge >= 0.3 is 0 Å². The van der Waals surface area contributed by atoms with Gasteiger partial charge in [0.25, 0.3) is 0 Å². The van der Waals surface area contributed by atoms with Crippen LogP contribution in [0.1, 0.15) is 232 Å². The van der Waals surface area contributed by atoms with E-state index in [1.54, 1.807) is 12.2 Å². The van der Waals surface area contributed by atoms with E-state index in [-0.39, 0.29) is 18.9 Å². The third kappa shape index (κ3) is 38.7. The molecule has 7 unspecified atom stereocenters. The molecule has 1 aliphatic heterocycles. The number of carbonyl (C=O) groups is 1. The molecule has 1 heterocycles. The van der Waals surface area contributed by atoms with Gasteiger partial charge in [-0.2, -0.15) is 0 Å². The Morgan fingerprint density at radius 2 is 0.913 bits per heavy atom. The first-order valence-electron chi connectivity index (χ1n) is 28.3. The van der Waals surface area contributed by atoms with E-state index >= 15 is 0 Å². The standard InChI is InChI=1S/C60H105NO8/c1-3-5-7-9-11-13-15-17-19-20-21-22-23-24-25-26-27-28-29-30-31-32-33-34-36-37-39-41-43-45-47-49-54(63)53(52-68-60-59(67)58(66)57(65)55(51-62)69-60)61-56(64)50-48-46-44-42-40-38-35-18-16-14-12-10-8-6-4-2/h6,8,12,14,18,35,39-42,46-49,53-55,57-60,62-63,65-67H,3-5,7,9-11,13,15-17,19-34,36-38,43-45,50-52H2,1-2H3,(H,61,64)/b8-6-,14-12-,35-18-,41-39+,42-40-,48-46-,49-47+. The molecule has 398 valence electrons. The van der Waals surface area contributed by atoms with Crippen molar-refractivity contribution in [3.63, 3.8) is 0 Å². The lowest BCUT2D eigenvalue weighted by Crippen LogP contribution is -2.60. The summed E-state index contributed by atoms with van der Waals surface area (Å²) in [6.45, 7) is 3.59. The van der Waals surface area contributed by atoms with E-state index in [4.69, 9.17) is 9.47 Å². The molecule has 9 heteroatoms. The molecule has 0 spiro atoms. The van der Waals surface area contributed by atoms with Crippen LogP contribution in [0.25, 0.3) is 0 Å². The Morgan fingerprint density at radius 3 is 1.36 bits per heavy atom. The van der Waals surface area contributed by atoms with Crippen LogP contribution in [0.5, 0.6) is 0 Å². The molecule has 0 aromatic heterocycles. The number of carbonyl (C=O) groups excluding carboxylic acids is 1. The van der Waals surface area contributed by atoms with Gasteiger partial charge < -0.3 is 40.3 Å². The summed E-state index contributed by atoms with van der Waals surface area (Å²) >= 11 is 0. The molecular weight excluding hydrogens is 863 g/mol. The van der Waals surface area contributed by atoms with Gasteiger partial charge in [-0.15, -0.1) is 0 Å². The normalized spacial score (nSPS) is 20.1. The van der Waals surface area contributed by atoms with Crippen LogP contribution in [0.15, 0.2) is 85.1 Å². The Labute approximate surface area is 422 Å². The molecule has 0 aromatic rings. The van der Waals surface area contributed by atoms with Gasteiger partial charge in [-0.05, 0) is 57.8 Å². The molecule has 6 N–H and O–H groups in total. The molecule has 1 rings (SSSR count). The number of hydrogen-bond donors (Lipinski definition) is 6. The van der Waals surface area contributed by atoms with Gasteiger partial charge in [0.1, 0.15) is 24.4 Å². The van der Waals surface area contributed by atoms with Crippen molar-refractivity contribution in [1.82, 2.24) is 5.32 Å². The van der Waals surface area contributed by atoms with Crippen LogP contribution < -0.4 is 5.32 Å². The lowest BCUT2D eigenvalue weighted by molar-refractivity contribution is -0.302. The number of aliphatic hydroxyl groups excluding tert-OH is 5. The average molecular weight is 968 g/mol. The fourth-order valence-corrected chi connectivity index (χ4v) is 8.54. The van der Waals surface area contributed by atoms with E-state index in [0.29, 0.717) is 6.42 Å². The molecule has 69 heavy (non-hydrogen) atoms. The second-order valence-corrected chi connectivity index (χ2v) is 19.4. The summed E-state index contributed by atoms with van der Waals surface area (Å²) in [7, 11) is 0. The Balaban J connectivity index is 2.24. The fourth-order valence-electron chi connectivity index (χ4n) is 8.54. The van der Waals surface area contributed by atoms with Crippen molar-refractivity contribution >= 4 is 5.91 Å². The number of allylic oxidation sites excluding steroid dienone is 12. The summed E-state index contributed by atoms with van der Waals surface area (Å²) < 4.78 is 11.2. The van der Waals surface area contributed by atoms with Gasteiger partial charge in [0.05, 0.1) is 25.4 Å². The van der Waals surface area contributed by atoms with Crippen molar-refractivity contribution in [2.24, 2.45) is 0 Å². The van der Waals surface area contributed by atoms with Crippen LogP contribution in [-0.2, 0) is 14.3 Å². The zero-order chi connectivity index (χ0) is 50.1. The third-order valence-electron chi connectivity index (χ3n) is 13.0. The van der Waals surface area contributed by atoms with Gasteiger partial charge in [0, 0.05) is 6.42 Å². The van der Waals surface area contributed by atoms with Crippen molar-refractivity contribution < 1.29 is 39.8 Å². The van der Waals surface area contributed by atoms with Gasteiger partial charge in [-0.25, -0.2) is 0 Å². The topological polar surface area (TPSA) is 149 Å². The third-order valence-corrected chi connectivity index (χ3v) is 13.0. The van der Waals surface area contributed by atoms with Gasteiger partial charge in [-0.1, -0.05) is 253 Å².